The molecule has 0 spiro atoms. The molecule has 0 saturated carbocycles. The Bertz CT molecular complexity index is 710. The maximum atomic E-state index is 12.2. The van der Waals surface area contributed by atoms with Crippen molar-refractivity contribution in [2.24, 2.45) is 0 Å². The Balaban J connectivity index is 1.95. The number of anilines is 1. The minimum Gasteiger partial charge on any atom is -0.348 e. The van der Waals surface area contributed by atoms with Gasteiger partial charge in [-0.15, -0.1) is 10.2 Å². The molecule has 2 aromatic rings. The predicted molar refractivity (Wildman–Crippen MR) is 101 cm³/mol. The van der Waals surface area contributed by atoms with Crippen molar-refractivity contribution in [1.82, 2.24) is 19.7 Å². The number of carbonyl (C=O) groups is 1. The van der Waals surface area contributed by atoms with Crippen LogP contribution < -0.4 is 4.90 Å². The maximum Gasteiger partial charge on any atom is 0.235 e. The molecule has 1 saturated heterocycles. The number of rotatable bonds is 5. The predicted octanol–water partition coefficient (Wildman–Crippen LogP) is 2.83. The number of hydrogen-bond donors (Lipinski definition) is 0. The molecule has 0 aliphatic carbocycles. The third-order valence-electron chi connectivity index (χ3n) is 4.34. The molecule has 1 aliphatic rings. The highest BCUT2D eigenvalue weighted by atomic mass is 32.2. The molecule has 0 N–H and O–H groups in total. The van der Waals surface area contributed by atoms with Crippen molar-refractivity contribution in [2.45, 2.75) is 36.6 Å². The van der Waals surface area contributed by atoms with Crippen molar-refractivity contribution in [2.75, 3.05) is 32.1 Å². The Hall–Kier alpha value is -2.02. The van der Waals surface area contributed by atoms with E-state index in [1.807, 2.05) is 25.1 Å². The summed E-state index contributed by atoms with van der Waals surface area (Å²) < 4.78 is 2.08. The first-order valence-electron chi connectivity index (χ1n) is 8.71. The second-order valence-electron chi connectivity index (χ2n) is 6.49. The Kier molecular flexibility index (Phi) is 5.63. The highest BCUT2D eigenvalue weighted by molar-refractivity contribution is 8.00. The highest BCUT2D eigenvalue weighted by Gasteiger charge is 2.25. The van der Waals surface area contributed by atoms with Crippen LogP contribution in [0.25, 0.3) is 5.69 Å². The Morgan fingerprint density at radius 2 is 1.80 bits per heavy atom. The third kappa shape index (κ3) is 3.98. The summed E-state index contributed by atoms with van der Waals surface area (Å²) in [6, 6.07) is 10.1. The highest BCUT2D eigenvalue weighted by Crippen LogP contribution is 2.30. The quantitative estimate of drug-likeness (QED) is 0.769. The number of thioether (sulfide) groups is 1. The molecule has 0 radical (unpaired) electrons. The van der Waals surface area contributed by atoms with Crippen LogP contribution >= 0.6 is 11.8 Å². The number of aromatic nitrogens is 3. The fraction of sp³-hybridized carbons (Fsp3) is 0.500. The fourth-order valence-electron chi connectivity index (χ4n) is 3.01. The van der Waals surface area contributed by atoms with Gasteiger partial charge in [0, 0.05) is 27.2 Å². The summed E-state index contributed by atoms with van der Waals surface area (Å²) in [5, 5.41) is 9.43. The van der Waals surface area contributed by atoms with Crippen molar-refractivity contribution >= 4 is 23.6 Å². The summed E-state index contributed by atoms with van der Waals surface area (Å²) in [6.07, 6.45) is 3.63. The van der Waals surface area contributed by atoms with Crippen LogP contribution in [0.15, 0.2) is 35.5 Å². The van der Waals surface area contributed by atoms with Crippen molar-refractivity contribution < 1.29 is 4.79 Å². The molecule has 0 bridgehead atoms. The van der Waals surface area contributed by atoms with Gasteiger partial charge in [0.25, 0.3) is 0 Å². The van der Waals surface area contributed by atoms with Crippen molar-refractivity contribution in [3.8, 4) is 5.69 Å². The van der Waals surface area contributed by atoms with Gasteiger partial charge in [-0.3, -0.25) is 9.36 Å². The first-order valence-corrected chi connectivity index (χ1v) is 9.59. The Labute approximate surface area is 153 Å². The van der Waals surface area contributed by atoms with Crippen LogP contribution in [0, 0.1) is 0 Å². The second kappa shape index (κ2) is 7.91. The molecule has 6 nitrogen and oxygen atoms in total. The van der Waals surface area contributed by atoms with E-state index in [0.29, 0.717) is 0 Å². The summed E-state index contributed by atoms with van der Waals surface area (Å²) in [6.45, 7) is 3.92. The number of nitrogens with zero attached hydrogens (tertiary/aromatic N) is 5. The fourth-order valence-corrected chi connectivity index (χ4v) is 4.02. The Morgan fingerprint density at radius 1 is 1.12 bits per heavy atom. The molecule has 1 aromatic heterocycles. The topological polar surface area (TPSA) is 54.3 Å². The molecule has 2 heterocycles. The van der Waals surface area contributed by atoms with Crippen LogP contribution in [0.3, 0.4) is 0 Å². The average molecular weight is 359 g/mol. The SMILES string of the molecule is CC(Sc1nnc(N2CCCCC2)n1-c1ccccc1)C(=O)N(C)C. The van der Waals surface area contributed by atoms with Crippen molar-refractivity contribution in [3.63, 3.8) is 0 Å². The summed E-state index contributed by atoms with van der Waals surface area (Å²) in [4.78, 5) is 16.2. The van der Waals surface area contributed by atoms with Gasteiger partial charge in [0.15, 0.2) is 5.16 Å². The van der Waals surface area contributed by atoms with E-state index in [0.717, 1.165) is 29.9 Å². The van der Waals surface area contributed by atoms with E-state index in [1.54, 1.807) is 19.0 Å². The normalized spacial score (nSPS) is 15.9. The number of hydrogen-bond acceptors (Lipinski definition) is 5. The van der Waals surface area contributed by atoms with Crippen LogP contribution in [0.2, 0.25) is 0 Å². The largest absolute Gasteiger partial charge is 0.348 e. The summed E-state index contributed by atoms with van der Waals surface area (Å²) in [5.41, 5.74) is 1.03. The minimum absolute atomic E-state index is 0.0761. The zero-order valence-corrected chi connectivity index (χ0v) is 15.9. The van der Waals surface area contributed by atoms with E-state index in [4.69, 9.17) is 0 Å². The maximum absolute atomic E-state index is 12.2. The molecule has 1 amide bonds. The summed E-state index contributed by atoms with van der Waals surface area (Å²) in [5.74, 6) is 0.949. The lowest BCUT2D eigenvalue weighted by Gasteiger charge is -2.28. The van der Waals surface area contributed by atoms with Crippen molar-refractivity contribution in [3.05, 3.63) is 30.3 Å². The molecule has 1 aliphatic heterocycles. The number of para-hydroxylation sites is 1. The molecular formula is C18H25N5OS. The standard InChI is InChI=1S/C18H25N5OS/c1-14(16(24)21(2)3)25-18-20-19-17(22-12-8-5-9-13-22)23(18)15-10-6-4-7-11-15/h4,6-7,10-11,14H,5,8-9,12-13H2,1-3H3. The molecule has 7 heteroatoms. The molecular weight excluding hydrogens is 334 g/mol. The molecule has 1 atom stereocenters. The van der Waals surface area contributed by atoms with Gasteiger partial charge in [0.1, 0.15) is 0 Å². The van der Waals surface area contributed by atoms with Gasteiger partial charge >= 0.3 is 0 Å². The monoisotopic (exact) mass is 359 g/mol. The van der Waals surface area contributed by atoms with Gasteiger partial charge in [-0.25, -0.2) is 0 Å². The van der Waals surface area contributed by atoms with E-state index >= 15 is 0 Å². The van der Waals surface area contributed by atoms with Crippen LogP contribution in [0.4, 0.5) is 5.95 Å². The number of piperidine rings is 1. The first kappa shape index (κ1) is 17.8. The molecule has 1 aromatic carbocycles. The zero-order chi connectivity index (χ0) is 17.8. The van der Waals surface area contributed by atoms with Gasteiger partial charge in [0.2, 0.25) is 11.9 Å². The van der Waals surface area contributed by atoms with Gasteiger partial charge in [-0.05, 0) is 38.3 Å². The number of benzene rings is 1. The zero-order valence-electron chi connectivity index (χ0n) is 15.1. The average Bonchev–Trinajstić information content (AvgIpc) is 3.05. The molecule has 134 valence electrons. The van der Waals surface area contributed by atoms with E-state index in [9.17, 15) is 4.79 Å². The molecule has 1 fully saturated rings. The molecule has 3 rings (SSSR count). The van der Waals surface area contributed by atoms with Crippen LogP contribution in [0.5, 0.6) is 0 Å². The van der Waals surface area contributed by atoms with E-state index < -0.39 is 0 Å². The van der Waals surface area contributed by atoms with Gasteiger partial charge < -0.3 is 9.80 Å². The lowest BCUT2D eigenvalue weighted by atomic mass is 10.1. The smallest absolute Gasteiger partial charge is 0.235 e. The minimum atomic E-state index is -0.212. The summed E-state index contributed by atoms with van der Waals surface area (Å²) >= 11 is 1.46. The molecule has 25 heavy (non-hydrogen) atoms. The lowest BCUT2D eigenvalue weighted by Crippen LogP contribution is -2.32. The summed E-state index contributed by atoms with van der Waals surface area (Å²) in [7, 11) is 3.56. The van der Waals surface area contributed by atoms with Gasteiger partial charge in [-0.1, -0.05) is 30.0 Å². The van der Waals surface area contributed by atoms with E-state index in [2.05, 4.69) is 31.8 Å². The second-order valence-corrected chi connectivity index (χ2v) is 7.80. The van der Waals surface area contributed by atoms with Crippen molar-refractivity contribution in [1.29, 1.82) is 0 Å². The van der Waals surface area contributed by atoms with Crippen LogP contribution in [0.1, 0.15) is 26.2 Å². The lowest BCUT2D eigenvalue weighted by molar-refractivity contribution is -0.127. The van der Waals surface area contributed by atoms with E-state index in [-0.39, 0.29) is 11.2 Å². The van der Waals surface area contributed by atoms with E-state index in [1.165, 1.54) is 31.0 Å². The number of carbonyl (C=O) groups excluding carboxylic acids is 1. The van der Waals surface area contributed by atoms with Gasteiger partial charge in [-0.2, -0.15) is 0 Å². The van der Waals surface area contributed by atoms with Crippen LogP contribution in [-0.4, -0.2) is 58.0 Å². The third-order valence-corrected chi connectivity index (χ3v) is 5.37. The molecule has 1 unspecified atom stereocenters. The number of amides is 1. The Morgan fingerprint density at radius 3 is 2.44 bits per heavy atom. The first-order chi connectivity index (χ1) is 12.1. The van der Waals surface area contributed by atoms with Crippen LogP contribution in [-0.2, 0) is 4.79 Å². The van der Waals surface area contributed by atoms with Gasteiger partial charge in [0.05, 0.1) is 10.9 Å².